The third kappa shape index (κ3) is 5.83. The van der Waals surface area contributed by atoms with Crippen molar-refractivity contribution in [1.29, 1.82) is 0 Å². The Kier molecular flexibility index (Phi) is 7.40. The summed E-state index contributed by atoms with van der Waals surface area (Å²) < 4.78 is 5.10. The summed E-state index contributed by atoms with van der Waals surface area (Å²) in [4.78, 5) is 26.5. The van der Waals surface area contributed by atoms with Crippen LogP contribution in [0.5, 0.6) is 0 Å². The summed E-state index contributed by atoms with van der Waals surface area (Å²) >= 11 is 0. The number of amides is 2. The van der Waals surface area contributed by atoms with Gasteiger partial charge in [0.15, 0.2) is 0 Å². The molecule has 0 atom stereocenters. The second kappa shape index (κ2) is 9.53. The van der Waals surface area contributed by atoms with E-state index in [1.54, 1.807) is 7.11 Å². The number of methoxy groups -OCH3 is 1. The molecule has 1 aliphatic rings. The molecule has 0 bridgehead atoms. The zero-order valence-electron chi connectivity index (χ0n) is 15.4. The van der Waals surface area contributed by atoms with E-state index in [4.69, 9.17) is 4.74 Å². The second-order valence-corrected chi connectivity index (χ2v) is 6.69. The fourth-order valence-electron chi connectivity index (χ4n) is 3.02. The number of carbonyl (C=O) groups excluding carboxylic acids is 2. The highest BCUT2D eigenvalue weighted by atomic mass is 16.5. The minimum absolute atomic E-state index is 0.427. The summed E-state index contributed by atoms with van der Waals surface area (Å²) in [6.45, 7) is 8.19. The molecule has 6 heteroatoms. The highest BCUT2D eigenvalue weighted by Gasteiger charge is 2.21. The lowest BCUT2D eigenvalue weighted by molar-refractivity contribution is -0.136. The lowest BCUT2D eigenvalue weighted by Crippen LogP contribution is -2.42. The third-order valence-corrected chi connectivity index (χ3v) is 4.93. The van der Waals surface area contributed by atoms with Crippen molar-refractivity contribution in [2.45, 2.75) is 26.7 Å². The normalized spacial score (nSPS) is 15.8. The number of carbonyl (C=O) groups is 2. The topological polar surface area (TPSA) is 70.7 Å². The smallest absolute Gasteiger partial charge is 0.313 e. The van der Waals surface area contributed by atoms with Crippen LogP contribution in [-0.2, 0) is 14.3 Å². The maximum absolute atomic E-state index is 12.1. The molecule has 1 heterocycles. The van der Waals surface area contributed by atoms with Crippen LogP contribution in [0.15, 0.2) is 18.2 Å². The number of likely N-dealkylation sites (tertiary alicyclic amines) is 1. The molecule has 1 fully saturated rings. The van der Waals surface area contributed by atoms with Crippen LogP contribution in [0.3, 0.4) is 0 Å². The Labute approximate surface area is 149 Å². The van der Waals surface area contributed by atoms with Gasteiger partial charge < -0.3 is 20.3 Å². The number of benzene rings is 1. The van der Waals surface area contributed by atoms with Gasteiger partial charge >= 0.3 is 11.8 Å². The maximum Gasteiger partial charge on any atom is 0.313 e. The van der Waals surface area contributed by atoms with E-state index in [9.17, 15) is 9.59 Å². The van der Waals surface area contributed by atoms with Crippen LogP contribution in [0, 0.1) is 19.8 Å². The van der Waals surface area contributed by atoms with Crippen LogP contribution >= 0.6 is 0 Å². The summed E-state index contributed by atoms with van der Waals surface area (Å²) in [5, 5.41) is 5.47. The lowest BCUT2D eigenvalue weighted by atomic mass is 9.97. The molecule has 0 spiro atoms. The molecule has 0 aliphatic carbocycles. The van der Waals surface area contributed by atoms with Gasteiger partial charge in [-0.05, 0) is 62.9 Å². The predicted molar refractivity (Wildman–Crippen MR) is 98.6 cm³/mol. The van der Waals surface area contributed by atoms with E-state index in [0.717, 1.165) is 50.2 Å². The average molecular weight is 347 g/mol. The number of nitrogens with zero attached hydrogens (tertiary/aromatic N) is 1. The Morgan fingerprint density at radius 1 is 1.20 bits per heavy atom. The molecule has 25 heavy (non-hydrogen) atoms. The number of anilines is 1. The van der Waals surface area contributed by atoms with Gasteiger partial charge in [0.05, 0.1) is 6.61 Å². The fraction of sp³-hybridized carbons (Fsp3) is 0.579. The van der Waals surface area contributed by atoms with Gasteiger partial charge in [-0.2, -0.15) is 0 Å². The van der Waals surface area contributed by atoms with Gasteiger partial charge in [0, 0.05) is 25.9 Å². The zero-order valence-corrected chi connectivity index (χ0v) is 15.4. The number of nitrogens with one attached hydrogen (secondary N) is 2. The van der Waals surface area contributed by atoms with Gasteiger partial charge in [-0.25, -0.2) is 0 Å². The van der Waals surface area contributed by atoms with Gasteiger partial charge in [0.2, 0.25) is 0 Å². The minimum Gasteiger partial charge on any atom is -0.383 e. The predicted octanol–water partition coefficient (Wildman–Crippen LogP) is 1.72. The monoisotopic (exact) mass is 347 g/mol. The standard InChI is InChI=1S/C19H29N3O3/c1-14-5-4-6-17(15(14)2)21-19(24)18(23)20-13-16-7-9-22(10-8-16)11-12-25-3/h4-6,16H,7-13H2,1-3H3,(H,20,23)(H,21,24). The molecule has 6 nitrogen and oxygen atoms in total. The molecule has 1 saturated heterocycles. The summed E-state index contributed by atoms with van der Waals surface area (Å²) in [6, 6.07) is 5.65. The fourth-order valence-corrected chi connectivity index (χ4v) is 3.02. The van der Waals surface area contributed by atoms with Crippen molar-refractivity contribution in [3.05, 3.63) is 29.3 Å². The van der Waals surface area contributed by atoms with Gasteiger partial charge in [-0.15, -0.1) is 0 Å². The Bertz CT molecular complexity index is 596. The molecule has 2 N–H and O–H groups in total. The van der Waals surface area contributed by atoms with E-state index in [1.165, 1.54) is 0 Å². The molecule has 0 aromatic heterocycles. The van der Waals surface area contributed by atoms with Crippen LogP contribution in [0.25, 0.3) is 0 Å². The van der Waals surface area contributed by atoms with Crippen molar-refractivity contribution >= 4 is 17.5 Å². The summed E-state index contributed by atoms with van der Waals surface area (Å²) in [5.41, 5.74) is 2.75. The van der Waals surface area contributed by atoms with Crippen molar-refractivity contribution in [2.75, 3.05) is 45.2 Å². The molecule has 2 amide bonds. The van der Waals surface area contributed by atoms with E-state index >= 15 is 0 Å². The SMILES string of the molecule is COCCN1CCC(CNC(=O)C(=O)Nc2cccc(C)c2C)CC1. The Hall–Kier alpha value is -1.92. The highest BCUT2D eigenvalue weighted by Crippen LogP contribution is 2.18. The van der Waals surface area contributed by atoms with E-state index in [-0.39, 0.29) is 0 Å². The van der Waals surface area contributed by atoms with Crippen molar-refractivity contribution in [2.24, 2.45) is 5.92 Å². The molecule has 138 valence electrons. The quantitative estimate of drug-likeness (QED) is 0.769. The Morgan fingerprint density at radius 3 is 2.60 bits per heavy atom. The number of ether oxygens (including phenoxy) is 1. The van der Waals surface area contributed by atoms with Crippen LogP contribution in [-0.4, -0.2) is 56.6 Å². The molecule has 1 aromatic rings. The average Bonchev–Trinajstić information content (AvgIpc) is 2.62. The Balaban J connectivity index is 1.73. The Morgan fingerprint density at radius 2 is 1.92 bits per heavy atom. The van der Waals surface area contributed by atoms with Gasteiger partial charge in [-0.1, -0.05) is 12.1 Å². The van der Waals surface area contributed by atoms with Gasteiger partial charge in [0.25, 0.3) is 0 Å². The summed E-state index contributed by atoms with van der Waals surface area (Å²) in [5.74, 6) is -0.745. The number of rotatable bonds is 6. The molecular formula is C19H29N3O3. The summed E-state index contributed by atoms with van der Waals surface area (Å²) in [6.07, 6.45) is 2.06. The highest BCUT2D eigenvalue weighted by molar-refractivity contribution is 6.39. The van der Waals surface area contributed by atoms with Crippen molar-refractivity contribution in [3.63, 3.8) is 0 Å². The number of hydrogen-bond donors (Lipinski definition) is 2. The second-order valence-electron chi connectivity index (χ2n) is 6.69. The van der Waals surface area contributed by atoms with Crippen LogP contribution < -0.4 is 10.6 Å². The van der Waals surface area contributed by atoms with Gasteiger partial charge in [0.1, 0.15) is 0 Å². The first kappa shape index (κ1) is 19.4. The number of aryl methyl sites for hydroxylation is 1. The van der Waals surface area contributed by atoms with Crippen molar-refractivity contribution < 1.29 is 14.3 Å². The number of hydrogen-bond acceptors (Lipinski definition) is 4. The largest absolute Gasteiger partial charge is 0.383 e. The van der Waals surface area contributed by atoms with Crippen molar-refractivity contribution in [3.8, 4) is 0 Å². The molecule has 0 unspecified atom stereocenters. The molecule has 0 saturated carbocycles. The van der Waals surface area contributed by atoms with Crippen LogP contribution in [0.1, 0.15) is 24.0 Å². The molecule has 1 aromatic carbocycles. The first-order valence-corrected chi connectivity index (χ1v) is 8.88. The van der Waals surface area contributed by atoms with Crippen LogP contribution in [0.4, 0.5) is 5.69 Å². The zero-order chi connectivity index (χ0) is 18.2. The minimum atomic E-state index is -0.605. The maximum atomic E-state index is 12.1. The first-order chi connectivity index (χ1) is 12.0. The van der Waals surface area contributed by atoms with E-state index < -0.39 is 11.8 Å². The molecule has 1 aliphatic heterocycles. The lowest BCUT2D eigenvalue weighted by Gasteiger charge is -2.31. The van der Waals surface area contributed by atoms with E-state index in [2.05, 4.69) is 15.5 Å². The number of piperidine rings is 1. The molecule has 0 radical (unpaired) electrons. The summed E-state index contributed by atoms with van der Waals surface area (Å²) in [7, 11) is 1.71. The van der Waals surface area contributed by atoms with Crippen LogP contribution in [0.2, 0.25) is 0 Å². The molecular weight excluding hydrogens is 318 g/mol. The van der Waals surface area contributed by atoms with E-state index in [0.29, 0.717) is 18.2 Å². The third-order valence-electron chi connectivity index (χ3n) is 4.93. The van der Waals surface area contributed by atoms with Crippen molar-refractivity contribution in [1.82, 2.24) is 10.2 Å². The van der Waals surface area contributed by atoms with Gasteiger partial charge in [-0.3, -0.25) is 9.59 Å². The molecule has 2 rings (SSSR count). The first-order valence-electron chi connectivity index (χ1n) is 8.88. The van der Waals surface area contributed by atoms with E-state index in [1.807, 2.05) is 32.0 Å².